The van der Waals surface area contributed by atoms with E-state index in [2.05, 4.69) is 5.10 Å². The van der Waals surface area contributed by atoms with Gasteiger partial charge in [-0.25, -0.2) is 13.1 Å². The number of hydrogen-bond acceptors (Lipinski definition) is 4. The van der Waals surface area contributed by atoms with Crippen molar-refractivity contribution in [2.75, 3.05) is 7.11 Å². The number of methoxy groups -OCH3 is 1. The van der Waals surface area contributed by atoms with Crippen molar-refractivity contribution < 1.29 is 13.2 Å². The Hall–Kier alpha value is -1.53. The number of ether oxygens (including phenoxy) is 1. The summed E-state index contributed by atoms with van der Waals surface area (Å²) in [6.07, 6.45) is 2.54. The Labute approximate surface area is 103 Å². The molecule has 5 nitrogen and oxygen atoms in total. The first-order valence-corrected chi connectivity index (χ1v) is 6.95. The highest BCUT2D eigenvalue weighted by atomic mass is 35.7. The molecule has 1 aromatic carbocycles. The predicted molar refractivity (Wildman–Crippen MR) is 63.2 cm³/mol. The van der Waals surface area contributed by atoms with E-state index in [9.17, 15) is 8.42 Å². The molecule has 0 fully saturated rings. The van der Waals surface area contributed by atoms with E-state index in [1.807, 2.05) is 0 Å². The van der Waals surface area contributed by atoms with Crippen molar-refractivity contribution in [3.63, 3.8) is 0 Å². The van der Waals surface area contributed by atoms with Gasteiger partial charge in [-0.05, 0) is 12.1 Å². The molecule has 0 aliphatic rings. The fraction of sp³-hybridized carbons (Fsp3) is 0.100. The van der Waals surface area contributed by atoms with E-state index < -0.39 is 9.05 Å². The highest BCUT2D eigenvalue weighted by Gasteiger charge is 2.13. The van der Waals surface area contributed by atoms with Crippen LogP contribution in [-0.2, 0) is 9.05 Å². The Morgan fingerprint density at radius 1 is 1.41 bits per heavy atom. The zero-order valence-corrected chi connectivity index (χ0v) is 10.4. The minimum Gasteiger partial charge on any atom is -0.497 e. The number of halogens is 1. The van der Waals surface area contributed by atoms with E-state index in [0.29, 0.717) is 11.4 Å². The summed E-state index contributed by atoms with van der Waals surface area (Å²) in [5.74, 6) is 0.660. The summed E-state index contributed by atoms with van der Waals surface area (Å²) >= 11 is 0. The molecular formula is C10H9ClN2O3S. The van der Waals surface area contributed by atoms with Crippen molar-refractivity contribution in [3.8, 4) is 11.4 Å². The molecule has 0 unspecified atom stereocenters. The minimum atomic E-state index is -3.75. The van der Waals surface area contributed by atoms with Gasteiger partial charge in [0, 0.05) is 16.7 Å². The molecule has 2 aromatic rings. The molecule has 90 valence electrons. The third kappa shape index (κ3) is 2.59. The van der Waals surface area contributed by atoms with Crippen molar-refractivity contribution in [2.24, 2.45) is 0 Å². The summed E-state index contributed by atoms with van der Waals surface area (Å²) < 4.78 is 28.7. The molecular weight excluding hydrogens is 264 g/mol. The summed E-state index contributed by atoms with van der Waals surface area (Å²) in [4.78, 5) is -0.0398. The van der Waals surface area contributed by atoms with Gasteiger partial charge in [0.2, 0.25) is 0 Å². The molecule has 0 saturated heterocycles. The van der Waals surface area contributed by atoms with E-state index in [1.165, 1.54) is 17.1 Å². The van der Waals surface area contributed by atoms with Gasteiger partial charge in [-0.2, -0.15) is 5.10 Å². The standard InChI is InChI=1S/C10H9ClN2O3S/c1-16-9-4-2-3-8(5-9)13-7-10(6-12-13)17(11,14)15/h2-7H,1H3. The molecule has 0 spiro atoms. The van der Waals surface area contributed by atoms with Crippen LogP contribution in [0.4, 0.5) is 0 Å². The molecule has 0 aliphatic heterocycles. The van der Waals surface area contributed by atoms with Crippen LogP contribution in [-0.4, -0.2) is 25.3 Å². The van der Waals surface area contributed by atoms with Gasteiger partial charge in [0.05, 0.1) is 25.2 Å². The van der Waals surface area contributed by atoms with Gasteiger partial charge in [-0.15, -0.1) is 0 Å². The summed E-state index contributed by atoms with van der Waals surface area (Å²) in [5.41, 5.74) is 0.691. The Bertz CT molecular complexity index is 637. The van der Waals surface area contributed by atoms with Crippen LogP contribution in [0, 0.1) is 0 Å². The van der Waals surface area contributed by atoms with Gasteiger partial charge in [0.25, 0.3) is 9.05 Å². The van der Waals surface area contributed by atoms with Crippen molar-refractivity contribution in [1.82, 2.24) is 9.78 Å². The van der Waals surface area contributed by atoms with Crippen LogP contribution in [0.1, 0.15) is 0 Å². The Morgan fingerprint density at radius 2 is 2.18 bits per heavy atom. The Kier molecular flexibility index (Phi) is 3.08. The number of rotatable bonds is 3. The highest BCUT2D eigenvalue weighted by molar-refractivity contribution is 8.13. The maximum atomic E-state index is 11.1. The van der Waals surface area contributed by atoms with Crippen LogP contribution >= 0.6 is 10.7 Å². The van der Waals surface area contributed by atoms with E-state index in [-0.39, 0.29) is 4.90 Å². The van der Waals surface area contributed by atoms with E-state index in [4.69, 9.17) is 15.4 Å². The molecule has 0 N–H and O–H groups in total. The Balaban J connectivity index is 2.43. The van der Waals surface area contributed by atoms with Crippen LogP contribution in [0.3, 0.4) is 0 Å². The topological polar surface area (TPSA) is 61.2 Å². The molecule has 0 aliphatic carbocycles. The van der Waals surface area contributed by atoms with Gasteiger partial charge >= 0.3 is 0 Å². The third-order valence-electron chi connectivity index (χ3n) is 2.16. The first kappa shape index (κ1) is 11.9. The van der Waals surface area contributed by atoms with Crippen molar-refractivity contribution in [3.05, 3.63) is 36.7 Å². The molecule has 0 atom stereocenters. The van der Waals surface area contributed by atoms with Gasteiger partial charge in [0.15, 0.2) is 0 Å². The normalized spacial score (nSPS) is 11.4. The van der Waals surface area contributed by atoms with Gasteiger partial charge in [-0.3, -0.25) is 0 Å². The fourth-order valence-corrected chi connectivity index (χ4v) is 1.96. The number of hydrogen-bond donors (Lipinski definition) is 0. The monoisotopic (exact) mass is 272 g/mol. The molecule has 2 rings (SSSR count). The van der Waals surface area contributed by atoms with Crippen LogP contribution in [0.15, 0.2) is 41.6 Å². The van der Waals surface area contributed by atoms with Crippen LogP contribution < -0.4 is 4.74 Å². The number of aromatic nitrogens is 2. The maximum absolute atomic E-state index is 11.1. The van der Waals surface area contributed by atoms with Crippen molar-refractivity contribution in [2.45, 2.75) is 4.90 Å². The second-order valence-electron chi connectivity index (χ2n) is 3.26. The molecule has 1 aromatic heterocycles. The SMILES string of the molecule is COc1cccc(-n2cc(S(=O)(=O)Cl)cn2)c1. The average Bonchev–Trinajstić information content (AvgIpc) is 2.78. The van der Waals surface area contributed by atoms with Crippen molar-refractivity contribution >= 4 is 19.7 Å². The molecule has 17 heavy (non-hydrogen) atoms. The van der Waals surface area contributed by atoms with Crippen LogP contribution in [0.25, 0.3) is 5.69 Å². The molecule has 0 bridgehead atoms. The zero-order valence-electron chi connectivity index (χ0n) is 8.87. The molecule has 0 radical (unpaired) electrons. The zero-order chi connectivity index (χ0) is 12.5. The van der Waals surface area contributed by atoms with Gasteiger partial charge in [0.1, 0.15) is 10.6 Å². The smallest absolute Gasteiger partial charge is 0.264 e. The summed E-state index contributed by atoms with van der Waals surface area (Å²) in [5, 5.41) is 3.93. The summed E-state index contributed by atoms with van der Waals surface area (Å²) in [6, 6.07) is 7.08. The molecule has 0 saturated carbocycles. The largest absolute Gasteiger partial charge is 0.497 e. The summed E-state index contributed by atoms with van der Waals surface area (Å²) in [6.45, 7) is 0. The fourth-order valence-electron chi connectivity index (χ4n) is 1.33. The summed E-state index contributed by atoms with van der Waals surface area (Å²) in [7, 11) is 3.02. The second kappa shape index (κ2) is 4.38. The second-order valence-corrected chi connectivity index (χ2v) is 5.83. The molecule has 7 heteroatoms. The highest BCUT2D eigenvalue weighted by Crippen LogP contribution is 2.19. The average molecular weight is 273 g/mol. The van der Waals surface area contributed by atoms with E-state index in [1.54, 1.807) is 31.4 Å². The lowest BCUT2D eigenvalue weighted by Crippen LogP contribution is -1.95. The first-order chi connectivity index (χ1) is 8.00. The molecule has 0 amide bonds. The minimum absolute atomic E-state index is 0.0398. The van der Waals surface area contributed by atoms with E-state index in [0.717, 1.165) is 0 Å². The lowest BCUT2D eigenvalue weighted by atomic mass is 10.3. The lowest BCUT2D eigenvalue weighted by Gasteiger charge is -2.03. The van der Waals surface area contributed by atoms with Crippen LogP contribution in [0.2, 0.25) is 0 Å². The lowest BCUT2D eigenvalue weighted by molar-refractivity contribution is 0.414. The van der Waals surface area contributed by atoms with Crippen molar-refractivity contribution in [1.29, 1.82) is 0 Å². The Morgan fingerprint density at radius 3 is 2.76 bits per heavy atom. The van der Waals surface area contributed by atoms with Gasteiger partial charge < -0.3 is 4.74 Å². The number of nitrogens with zero attached hydrogens (tertiary/aromatic N) is 2. The van der Waals surface area contributed by atoms with E-state index >= 15 is 0 Å². The molecule has 1 heterocycles. The quantitative estimate of drug-likeness (QED) is 0.800. The number of benzene rings is 1. The van der Waals surface area contributed by atoms with Crippen LogP contribution in [0.5, 0.6) is 5.75 Å². The predicted octanol–water partition coefficient (Wildman–Crippen LogP) is 1.81. The first-order valence-electron chi connectivity index (χ1n) is 4.64. The maximum Gasteiger partial charge on any atom is 0.264 e. The van der Waals surface area contributed by atoms with Gasteiger partial charge in [-0.1, -0.05) is 6.07 Å². The third-order valence-corrected chi connectivity index (χ3v) is 3.47.